The number of aromatic hydroxyl groups is 1. The Balaban J connectivity index is 2.38. The third kappa shape index (κ3) is 11.9. The van der Waals surface area contributed by atoms with Crippen molar-refractivity contribution in [2.45, 2.75) is 64.6 Å². The molecule has 0 aliphatic rings. The van der Waals surface area contributed by atoms with Crippen LogP contribution in [-0.4, -0.2) is 67.0 Å². The van der Waals surface area contributed by atoms with Crippen LogP contribution < -0.4 is 10.6 Å². The van der Waals surface area contributed by atoms with Gasteiger partial charge in [-0.05, 0) is 25.0 Å². The summed E-state index contributed by atoms with van der Waals surface area (Å²) in [6.45, 7) is 6.65. The Kier molecular flexibility index (Phi) is 14.3. The summed E-state index contributed by atoms with van der Waals surface area (Å²) in [7, 11) is 0. The van der Waals surface area contributed by atoms with Crippen LogP contribution in [0.1, 0.15) is 52.4 Å². The van der Waals surface area contributed by atoms with Crippen molar-refractivity contribution in [3.05, 3.63) is 18.2 Å². The van der Waals surface area contributed by atoms with E-state index in [9.17, 15) is 15.3 Å². The third-order valence-electron chi connectivity index (χ3n) is 4.49. The van der Waals surface area contributed by atoms with Gasteiger partial charge in [0, 0.05) is 26.3 Å². The molecule has 1 aromatic carbocycles. The number of para-hydroxylation sites is 1. The number of hydrogen-bond acceptors (Lipinski definition) is 7. The zero-order chi connectivity index (χ0) is 21.3. The Hall–Kier alpha value is -1.54. The number of aliphatic hydroxyl groups is 2. The molecule has 0 aliphatic carbocycles. The van der Waals surface area contributed by atoms with Gasteiger partial charge in [0.1, 0.15) is 11.4 Å². The van der Waals surface area contributed by atoms with E-state index < -0.39 is 12.2 Å². The Morgan fingerprint density at radius 3 is 1.93 bits per heavy atom. The van der Waals surface area contributed by atoms with Gasteiger partial charge in [0.05, 0.1) is 31.1 Å². The number of phenolic OH excluding ortho intramolecular Hbond substituents is 1. The van der Waals surface area contributed by atoms with Crippen molar-refractivity contribution in [2.24, 2.45) is 0 Å². The normalized spacial score (nSPS) is 13.2. The highest BCUT2D eigenvalue weighted by molar-refractivity contribution is 5.75. The average molecular weight is 413 g/mol. The Bertz CT molecular complexity index is 530. The molecule has 7 heteroatoms. The molecular weight excluding hydrogens is 372 g/mol. The van der Waals surface area contributed by atoms with E-state index in [1.807, 2.05) is 6.07 Å². The Morgan fingerprint density at radius 1 is 0.828 bits per heavy atom. The molecule has 0 saturated heterocycles. The minimum absolute atomic E-state index is 0.0800. The van der Waals surface area contributed by atoms with Crippen molar-refractivity contribution >= 4 is 11.4 Å². The third-order valence-corrected chi connectivity index (χ3v) is 4.49. The first-order valence-corrected chi connectivity index (χ1v) is 10.9. The van der Waals surface area contributed by atoms with Gasteiger partial charge >= 0.3 is 0 Å². The number of nitrogens with one attached hydrogen (secondary N) is 2. The lowest BCUT2D eigenvalue weighted by Crippen LogP contribution is -2.27. The van der Waals surface area contributed by atoms with E-state index in [1.165, 1.54) is 0 Å². The monoisotopic (exact) mass is 412 g/mol. The Morgan fingerprint density at radius 2 is 1.38 bits per heavy atom. The standard InChI is InChI=1S/C22H40N2O5/c1-3-5-7-12-28-16-18(25)14-23-20-10-9-11-21(27)22(20)24-15-19(26)17-29-13-8-6-4-2/h9-11,18-19,23-27H,3-8,12-17H2,1-2H3. The lowest BCUT2D eigenvalue weighted by atomic mass is 10.2. The maximum absolute atomic E-state index is 10.2. The largest absolute Gasteiger partial charge is 0.506 e. The van der Waals surface area contributed by atoms with Gasteiger partial charge in [-0.2, -0.15) is 0 Å². The highest BCUT2D eigenvalue weighted by Gasteiger charge is 2.12. The summed E-state index contributed by atoms with van der Waals surface area (Å²) >= 11 is 0. The van der Waals surface area contributed by atoms with Gasteiger partial charge in [-0.3, -0.25) is 0 Å². The summed E-state index contributed by atoms with van der Waals surface area (Å²) in [6, 6.07) is 5.11. The SMILES string of the molecule is CCCCCOCC(O)CNc1cccc(O)c1NCC(O)COCCCCC. The Labute approximate surface area is 175 Å². The van der Waals surface area contributed by atoms with Gasteiger partial charge in [0.25, 0.3) is 0 Å². The van der Waals surface area contributed by atoms with Crippen LogP contribution in [0.3, 0.4) is 0 Å². The van der Waals surface area contributed by atoms with Gasteiger partial charge < -0.3 is 35.4 Å². The number of aliphatic hydroxyl groups excluding tert-OH is 2. The minimum Gasteiger partial charge on any atom is -0.506 e. The van der Waals surface area contributed by atoms with Crippen molar-refractivity contribution in [2.75, 3.05) is 50.2 Å². The fourth-order valence-electron chi connectivity index (χ4n) is 2.79. The van der Waals surface area contributed by atoms with Crippen molar-refractivity contribution in [1.82, 2.24) is 0 Å². The molecule has 0 radical (unpaired) electrons. The van der Waals surface area contributed by atoms with E-state index in [2.05, 4.69) is 24.5 Å². The van der Waals surface area contributed by atoms with Gasteiger partial charge in [-0.15, -0.1) is 0 Å². The van der Waals surface area contributed by atoms with E-state index in [4.69, 9.17) is 9.47 Å². The highest BCUT2D eigenvalue weighted by Crippen LogP contribution is 2.31. The number of benzene rings is 1. The summed E-state index contributed by atoms with van der Waals surface area (Å²) in [5.74, 6) is 0.0800. The molecule has 168 valence electrons. The molecule has 0 spiro atoms. The van der Waals surface area contributed by atoms with Gasteiger partial charge in [-0.25, -0.2) is 0 Å². The molecule has 0 fully saturated rings. The van der Waals surface area contributed by atoms with Crippen molar-refractivity contribution < 1.29 is 24.8 Å². The fraction of sp³-hybridized carbons (Fsp3) is 0.727. The molecule has 29 heavy (non-hydrogen) atoms. The lowest BCUT2D eigenvalue weighted by molar-refractivity contribution is 0.0415. The zero-order valence-corrected chi connectivity index (χ0v) is 18.0. The summed E-state index contributed by atoms with van der Waals surface area (Å²) < 4.78 is 11.0. The second-order valence-corrected chi connectivity index (χ2v) is 7.33. The molecule has 0 heterocycles. The molecule has 5 N–H and O–H groups in total. The van der Waals surface area contributed by atoms with Crippen LogP contribution in [0.4, 0.5) is 11.4 Å². The lowest BCUT2D eigenvalue weighted by Gasteiger charge is -2.19. The van der Waals surface area contributed by atoms with Crippen LogP contribution in [-0.2, 0) is 9.47 Å². The van der Waals surface area contributed by atoms with E-state index in [0.717, 1.165) is 38.5 Å². The number of rotatable bonds is 18. The second kappa shape index (κ2) is 16.3. The number of unbranched alkanes of at least 4 members (excludes halogenated alkanes) is 4. The first-order chi connectivity index (χ1) is 14.1. The van der Waals surface area contributed by atoms with E-state index >= 15 is 0 Å². The average Bonchev–Trinajstić information content (AvgIpc) is 2.71. The smallest absolute Gasteiger partial charge is 0.140 e. The number of phenols is 1. The van der Waals surface area contributed by atoms with Crippen LogP contribution in [0.25, 0.3) is 0 Å². The number of hydrogen-bond donors (Lipinski definition) is 5. The van der Waals surface area contributed by atoms with E-state index in [-0.39, 0.29) is 25.5 Å². The zero-order valence-electron chi connectivity index (χ0n) is 18.0. The topological polar surface area (TPSA) is 103 Å². The van der Waals surface area contributed by atoms with Crippen LogP contribution in [0.5, 0.6) is 5.75 Å². The van der Waals surface area contributed by atoms with Gasteiger partial charge in [-0.1, -0.05) is 45.6 Å². The molecule has 2 atom stereocenters. The highest BCUT2D eigenvalue weighted by atomic mass is 16.5. The van der Waals surface area contributed by atoms with Gasteiger partial charge in [0.2, 0.25) is 0 Å². The maximum atomic E-state index is 10.2. The molecule has 7 nitrogen and oxygen atoms in total. The van der Waals surface area contributed by atoms with Crippen molar-refractivity contribution in [1.29, 1.82) is 0 Å². The van der Waals surface area contributed by atoms with E-state index in [0.29, 0.717) is 31.1 Å². The van der Waals surface area contributed by atoms with Crippen LogP contribution in [0.15, 0.2) is 18.2 Å². The molecule has 2 unspecified atom stereocenters. The van der Waals surface area contributed by atoms with Crippen LogP contribution in [0, 0.1) is 0 Å². The minimum atomic E-state index is -0.675. The second-order valence-electron chi connectivity index (χ2n) is 7.33. The van der Waals surface area contributed by atoms with Crippen molar-refractivity contribution in [3.63, 3.8) is 0 Å². The first kappa shape index (κ1) is 25.5. The number of anilines is 2. The molecule has 0 aliphatic heterocycles. The molecule has 1 aromatic rings. The van der Waals surface area contributed by atoms with Crippen molar-refractivity contribution in [3.8, 4) is 5.75 Å². The summed E-state index contributed by atoms with van der Waals surface area (Å²) in [4.78, 5) is 0. The summed E-state index contributed by atoms with van der Waals surface area (Å²) in [5.41, 5.74) is 1.15. The van der Waals surface area contributed by atoms with Crippen LogP contribution in [0.2, 0.25) is 0 Å². The first-order valence-electron chi connectivity index (χ1n) is 10.9. The molecule has 0 bridgehead atoms. The predicted octanol–water partition coefficient (Wildman–Crippen LogP) is 3.35. The molecule has 0 aromatic heterocycles. The summed E-state index contributed by atoms with van der Waals surface area (Å²) in [5, 5.41) is 36.5. The maximum Gasteiger partial charge on any atom is 0.140 e. The van der Waals surface area contributed by atoms with Gasteiger partial charge in [0.15, 0.2) is 0 Å². The fourth-order valence-corrected chi connectivity index (χ4v) is 2.79. The van der Waals surface area contributed by atoms with E-state index in [1.54, 1.807) is 12.1 Å². The number of ether oxygens (including phenoxy) is 2. The molecular formula is C22H40N2O5. The summed E-state index contributed by atoms with van der Waals surface area (Å²) in [6.07, 6.45) is 5.20. The molecule has 0 amide bonds. The predicted molar refractivity (Wildman–Crippen MR) is 118 cm³/mol. The van der Waals surface area contributed by atoms with Crippen LogP contribution >= 0.6 is 0 Å². The molecule has 1 rings (SSSR count). The quantitative estimate of drug-likeness (QED) is 0.186. The molecule has 0 saturated carbocycles.